The van der Waals surface area contributed by atoms with Crippen LogP contribution in [0.2, 0.25) is 0 Å². The van der Waals surface area contributed by atoms with Gasteiger partial charge >= 0.3 is 0 Å². The van der Waals surface area contributed by atoms with Crippen LogP contribution in [0.1, 0.15) is 12.8 Å². The fourth-order valence-corrected chi connectivity index (χ4v) is 3.67. The summed E-state index contributed by atoms with van der Waals surface area (Å²) in [6.45, 7) is 4.93. The zero-order valence-electron chi connectivity index (χ0n) is 16.5. The van der Waals surface area contributed by atoms with E-state index in [-0.39, 0.29) is 0 Å². The molecule has 0 aromatic carbocycles. The Labute approximate surface area is 165 Å². The van der Waals surface area contributed by atoms with E-state index >= 15 is 0 Å². The summed E-state index contributed by atoms with van der Waals surface area (Å²) in [6.07, 6.45) is 7.48. The van der Waals surface area contributed by atoms with Gasteiger partial charge in [-0.3, -0.25) is 0 Å². The van der Waals surface area contributed by atoms with Crippen molar-refractivity contribution in [2.45, 2.75) is 18.9 Å². The minimum Gasteiger partial charge on any atom is -0.494 e. The van der Waals surface area contributed by atoms with E-state index < -0.39 is 0 Å². The zero-order valence-corrected chi connectivity index (χ0v) is 16.5. The molecule has 2 aromatic rings. The molecule has 1 atom stereocenters. The quantitative estimate of drug-likeness (QED) is 0.754. The van der Waals surface area contributed by atoms with Crippen molar-refractivity contribution in [2.24, 2.45) is 0 Å². The Balaban J connectivity index is 1.45. The molecule has 4 heterocycles. The summed E-state index contributed by atoms with van der Waals surface area (Å²) in [5, 5.41) is 0. The lowest BCUT2D eigenvalue weighted by atomic mass is 10.0. The lowest BCUT2D eigenvalue weighted by Gasteiger charge is -2.38. The summed E-state index contributed by atoms with van der Waals surface area (Å²) in [7, 11) is 3.73. The average Bonchev–Trinajstić information content (AvgIpc) is 2.79. The van der Waals surface area contributed by atoms with Crippen LogP contribution in [-0.4, -0.2) is 79.5 Å². The number of hydrogen-bond acceptors (Lipinski definition) is 9. The summed E-state index contributed by atoms with van der Waals surface area (Å²) in [6, 6.07) is 2.32. The zero-order chi connectivity index (χ0) is 19.3. The highest BCUT2D eigenvalue weighted by Gasteiger charge is 2.26. The molecule has 0 aliphatic carbocycles. The van der Waals surface area contributed by atoms with E-state index in [1.807, 2.05) is 12.3 Å². The van der Waals surface area contributed by atoms with Crippen LogP contribution in [0, 0.1) is 0 Å². The number of nitrogens with zero attached hydrogens (tertiary/aromatic N) is 7. The van der Waals surface area contributed by atoms with Crippen molar-refractivity contribution in [3.8, 4) is 5.75 Å². The normalized spacial score (nSPS) is 20.1. The van der Waals surface area contributed by atoms with E-state index in [9.17, 15) is 0 Å². The monoisotopic (exact) mass is 385 g/mol. The van der Waals surface area contributed by atoms with E-state index in [1.54, 1.807) is 19.5 Å². The third-order valence-electron chi connectivity index (χ3n) is 5.36. The first-order valence-electron chi connectivity index (χ1n) is 9.74. The maximum atomic E-state index is 5.43. The second-order valence-electron chi connectivity index (χ2n) is 7.09. The van der Waals surface area contributed by atoms with Gasteiger partial charge in [0.05, 0.1) is 32.7 Å². The molecular formula is C19H27N7O2. The maximum Gasteiger partial charge on any atom is 0.227 e. The average molecular weight is 385 g/mol. The van der Waals surface area contributed by atoms with Crippen LogP contribution in [0.4, 0.5) is 17.7 Å². The molecule has 2 fully saturated rings. The van der Waals surface area contributed by atoms with Crippen LogP contribution in [0.5, 0.6) is 5.75 Å². The van der Waals surface area contributed by atoms with Gasteiger partial charge < -0.3 is 24.2 Å². The molecule has 0 amide bonds. The first-order chi connectivity index (χ1) is 13.7. The fourth-order valence-electron chi connectivity index (χ4n) is 3.67. The smallest absolute Gasteiger partial charge is 0.227 e. The highest BCUT2D eigenvalue weighted by molar-refractivity contribution is 5.45. The van der Waals surface area contributed by atoms with Crippen molar-refractivity contribution >= 4 is 17.7 Å². The topological polar surface area (TPSA) is 79.7 Å². The van der Waals surface area contributed by atoms with Gasteiger partial charge in [0.15, 0.2) is 5.75 Å². The van der Waals surface area contributed by atoms with Crippen molar-refractivity contribution in [1.82, 2.24) is 19.9 Å². The first-order valence-corrected chi connectivity index (χ1v) is 9.74. The molecule has 9 nitrogen and oxygen atoms in total. The van der Waals surface area contributed by atoms with Gasteiger partial charge in [0.1, 0.15) is 5.82 Å². The molecule has 2 saturated heterocycles. The first kappa shape index (κ1) is 18.7. The number of rotatable bonds is 5. The molecule has 0 bridgehead atoms. The van der Waals surface area contributed by atoms with Crippen LogP contribution in [0.25, 0.3) is 0 Å². The highest BCUT2D eigenvalue weighted by atomic mass is 16.5. The van der Waals surface area contributed by atoms with E-state index in [0.717, 1.165) is 69.9 Å². The van der Waals surface area contributed by atoms with Crippen LogP contribution < -0.4 is 19.4 Å². The van der Waals surface area contributed by atoms with Crippen molar-refractivity contribution < 1.29 is 9.47 Å². The summed E-state index contributed by atoms with van der Waals surface area (Å²) in [5.74, 6) is 3.14. The SMILES string of the molecule is COc1cnc(N2CCCC(N(C)c3ccnc(N4CCOCC4)n3)C2)nc1. The minimum absolute atomic E-state index is 0.340. The second-order valence-corrected chi connectivity index (χ2v) is 7.09. The molecule has 1 unspecified atom stereocenters. The summed E-state index contributed by atoms with van der Waals surface area (Å²) in [5.41, 5.74) is 0. The van der Waals surface area contributed by atoms with Crippen molar-refractivity contribution in [2.75, 3.05) is 68.2 Å². The Hall–Kier alpha value is -2.68. The predicted octanol–water partition coefficient (Wildman–Crippen LogP) is 1.22. The Kier molecular flexibility index (Phi) is 5.70. The lowest BCUT2D eigenvalue weighted by molar-refractivity contribution is 0.122. The van der Waals surface area contributed by atoms with E-state index in [1.165, 1.54) is 0 Å². The summed E-state index contributed by atoms with van der Waals surface area (Å²) in [4.78, 5) is 24.8. The minimum atomic E-state index is 0.340. The number of morpholine rings is 1. The highest BCUT2D eigenvalue weighted by Crippen LogP contribution is 2.24. The van der Waals surface area contributed by atoms with Crippen molar-refractivity contribution in [3.63, 3.8) is 0 Å². The molecule has 0 saturated carbocycles. The molecule has 4 rings (SSSR count). The molecule has 9 heteroatoms. The molecule has 2 aromatic heterocycles. The van der Waals surface area contributed by atoms with Crippen molar-refractivity contribution in [1.29, 1.82) is 0 Å². The van der Waals surface area contributed by atoms with Crippen LogP contribution in [-0.2, 0) is 4.74 Å². The second kappa shape index (κ2) is 8.55. The predicted molar refractivity (Wildman–Crippen MR) is 107 cm³/mol. The molecule has 28 heavy (non-hydrogen) atoms. The Morgan fingerprint density at radius 3 is 2.61 bits per heavy atom. The van der Waals surface area contributed by atoms with Gasteiger partial charge in [0.25, 0.3) is 0 Å². The third kappa shape index (κ3) is 4.09. The summed E-state index contributed by atoms with van der Waals surface area (Å²) >= 11 is 0. The Morgan fingerprint density at radius 2 is 1.86 bits per heavy atom. The maximum absolute atomic E-state index is 5.43. The number of aromatic nitrogens is 4. The van der Waals surface area contributed by atoms with E-state index in [4.69, 9.17) is 14.5 Å². The van der Waals surface area contributed by atoms with Crippen LogP contribution in [0.3, 0.4) is 0 Å². The fraction of sp³-hybridized carbons (Fsp3) is 0.579. The Morgan fingerprint density at radius 1 is 1.07 bits per heavy atom. The van der Waals surface area contributed by atoms with Crippen molar-refractivity contribution in [3.05, 3.63) is 24.7 Å². The number of likely N-dealkylation sites (N-methyl/N-ethyl adjacent to an activating group) is 1. The molecular weight excluding hydrogens is 358 g/mol. The lowest BCUT2D eigenvalue weighted by Crippen LogP contribution is -2.47. The summed E-state index contributed by atoms with van der Waals surface area (Å²) < 4.78 is 10.6. The molecule has 2 aliphatic rings. The molecule has 150 valence electrons. The van der Waals surface area contributed by atoms with Crippen LogP contribution in [0.15, 0.2) is 24.7 Å². The number of piperidine rings is 1. The van der Waals surface area contributed by atoms with E-state index in [2.05, 4.69) is 36.7 Å². The molecule has 0 N–H and O–H groups in total. The van der Waals surface area contributed by atoms with Gasteiger partial charge in [-0.05, 0) is 18.9 Å². The number of hydrogen-bond donors (Lipinski definition) is 0. The van der Waals surface area contributed by atoms with Crippen LogP contribution >= 0.6 is 0 Å². The molecule has 0 radical (unpaired) electrons. The third-order valence-corrected chi connectivity index (χ3v) is 5.36. The van der Waals surface area contributed by atoms with Gasteiger partial charge in [-0.1, -0.05) is 0 Å². The van der Waals surface area contributed by atoms with E-state index in [0.29, 0.717) is 11.8 Å². The Bertz CT molecular complexity index is 767. The number of ether oxygens (including phenoxy) is 2. The number of anilines is 3. The standard InChI is InChI=1S/C19H27N7O2/c1-24(17-5-6-20-19(23-17)25-8-10-28-11-9-25)15-4-3-7-26(14-15)18-21-12-16(27-2)13-22-18/h5-6,12-13,15H,3-4,7-11,14H2,1-2H3. The van der Waals surface area contributed by atoms with Gasteiger partial charge in [-0.25, -0.2) is 15.0 Å². The largest absolute Gasteiger partial charge is 0.494 e. The van der Waals surface area contributed by atoms with Gasteiger partial charge in [-0.15, -0.1) is 0 Å². The van der Waals surface area contributed by atoms with Gasteiger partial charge in [0.2, 0.25) is 11.9 Å². The molecule has 2 aliphatic heterocycles. The van der Waals surface area contributed by atoms with Gasteiger partial charge in [-0.2, -0.15) is 4.98 Å². The number of methoxy groups -OCH3 is 1. The van der Waals surface area contributed by atoms with Gasteiger partial charge in [0, 0.05) is 45.5 Å². The molecule has 0 spiro atoms.